The molecule has 0 heterocycles. The normalized spacial score (nSPS) is 11.1. The zero-order valence-electron chi connectivity index (χ0n) is 12.1. The van der Waals surface area contributed by atoms with Crippen LogP contribution in [-0.4, -0.2) is 43.7 Å². The van der Waals surface area contributed by atoms with E-state index in [0.29, 0.717) is 24.5 Å². The molecule has 0 unspecified atom stereocenters. The third-order valence-electron chi connectivity index (χ3n) is 2.95. The maximum absolute atomic E-state index is 13.1. The lowest BCUT2D eigenvalue weighted by Gasteiger charge is -2.25. The summed E-state index contributed by atoms with van der Waals surface area (Å²) >= 11 is 0. The molecule has 3 N–H and O–H groups in total. The van der Waals surface area contributed by atoms with Gasteiger partial charge in [0.15, 0.2) is 0 Å². The number of halogens is 1. The zero-order valence-corrected chi connectivity index (χ0v) is 12.1. The van der Waals surface area contributed by atoms with Crippen LogP contribution in [-0.2, 0) is 9.53 Å². The fourth-order valence-electron chi connectivity index (χ4n) is 1.74. The van der Waals surface area contributed by atoms with Crippen LogP contribution in [0.5, 0.6) is 0 Å². The van der Waals surface area contributed by atoms with Crippen molar-refractivity contribution in [3.63, 3.8) is 0 Å². The number of benzene rings is 1. The summed E-state index contributed by atoms with van der Waals surface area (Å²) in [6.45, 7) is 5.41. The highest BCUT2D eigenvalue weighted by Crippen LogP contribution is 2.19. The number of methoxy groups -OCH3 is 1. The number of carbonyl (C=O) groups is 1. The monoisotopic (exact) mass is 283 g/mol. The Labute approximate surface area is 118 Å². The molecule has 0 aliphatic carbocycles. The van der Waals surface area contributed by atoms with E-state index in [4.69, 9.17) is 10.5 Å². The smallest absolute Gasteiger partial charge is 0.238 e. The van der Waals surface area contributed by atoms with Gasteiger partial charge in [-0.25, -0.2) is 4.39 Å². The van der Waals surface area contributed by atoms with Gasteiger partial charge in [-0.1, -0.05) is 0 Å². The summed E-state index contributed by atoms with van der Waals surface area (Å²) in [5.74, 6) is -0.665. The summed E-state index contributed by atoms with van der Waals surface area (Å²) < 4.78 is 18.1. The third kappa shape index (κ3) is 5.14. The van der Waals surface area contributed by atoms with Gasteiger partial charge in [0.25, 0.3) is 0 Å². The molecule has 5 nitrogen and oxygen atoms in total. The van der Waals surface area contributed by atoms with Crippen molar-refractivity contribution < 1.29 is 13.9 Å². The Bertz CT molecular complexity index is 452. The molecule has 1 aromatic rings. The molecule has 0 fully saturated rings. The maximum Gasteiger partial charge on any atom is 0.238 e. The van der Waals surface area contributed by atoms with Crippen molar-refractivity contribution in [2.75, 3.05) is 37.9 Å². The molecule has 6 heteroatoms. The SMILES string of the molecule is COCCN(CC(=O)Nc1cc(F)ccc1N)C(C)C. The van der Waals surface area contributed by atoms with E-state index in [0.717, 1.165) is 0 Å². The molecular weight excluding hydrogens is 261 g/mol. The average Bonchev–Trinajstić information content (AvgIpc) is 2.38. The van der Waals surface area contributed by atoms with Crippen LogP contribution in [0.1, 0.15) is 13.8 Å². The molecule has 0 bridgehead atoms. The lowest BCUT2D eigenvalue weighted by molar-refractivity contribution is -0.117. The van der Waals surface area contributed by atoms with Crippen LogP contribution in [0, 0.1) is 5.82 Å². The van der Waals surface area contributed by atoms with Crippen LogP contribution < -0.4 is 11.1 Å². The van der Waals surface area contributed by atoms with E-state index in [1.54, 1.807) is 7.11 Å². The molecule has 112 valence electrons. The van der Waals surface area contributed by atoms with E-state index in [2.05, 4.69) is 5.32 Å². The highest BCUT2D eigenvalue weighted by atomic mass is 19.1. The van der Waals surface area contributed by atoms with Crippen molar-refractivity contribution >= 4 is 17.3 Å². The summed E-state index contributed by atoms with van der Waals surface area (Å²) in [4.78, 5) is 13.9. The van der Waals surface area contributed by atoms with Gasteiger partial charge in [0.1, 0.15) is 5.82 Å². The molecule has 1 aromatic carbocycles. The number of hydrogen-bond acceptors (Lipinski definition) is 4. The molecule has 0 radical (unpaired) electrons. The number of nitrogens with two attached hydrogens (primary N) is 1. The minimum Gasteiger partial charge on any atom is -0.397 e. The van der Waals surface area contributed by atoms with Crippen LogP contribution in [0.25, 0.3) is 0 Å². The molecule has 1 rings (SSSR count). The first-order chi connectivity index (χ1) is 9.43. The number of amides is 1. The number of hydrogen-bond donors (Lipinski definition) is 2. The lowest BCUT2D eigenvalue weighted by atomic mass is 10.2. The van der Waals surface area contributed by atoms with Gasteiger partial charge in [0.2, 0.25) is 5.91 Å². The Morgan fingerprint density at radius 1 is 1.50 bits per heavy atom. The Kier molecular flexibility index (Phi) is 6.41. The minimum absolute atomic E-state index is 0.205. The predicted octanol–water partition coefficient (Wildman–Crippen LogP) is 1.70. The van der Waals surface area contributed by atoms with Crippen molar-refractivity contribution in [2.45, 2.75) is 19.9 Å². The Morgan fingerprint density at radius 3 is 2.80 bits per heavy atom. The number of nitrogen functional groups attached to an aromatic ring is 1. The summed E-state index contributed by atoms with van der Waals surface area (Å²) in [5, 5.41) is 2.63. The second kappa shape index (κ2) is 7.81. The Morgan fingerprint density at radius 2 is 2.20 bits per heavy atom. The van der Waals surface area contributed by atoms with E-state index < -0.39 is 5.82 Å². The number of ether oxygens (including phenoxy) is 1. The number of carbonyl (C=O) groups excluding carboxylic acids is 1. The molecule has 1 amide bonds. The van der Waals surface area contributed by atoms with Crippen LogP contribution in [0.15, 0.2) is 18.2 Å². The fraction of sp³-hybridized carbons (Fsp3) is 0.500. The highest BCUT2D eigenvalue weighted by molar-refractivity contribution is 5.95. The summed E-state index contributed by atoms with van der Waals surface area (Å²) in [7, 11) is 1.62. The molecular formula is C14H22FN3O2. The number of nitrogens with zero attached hydrogens (tertiary/aromatic N) is 1. The largest absolute Gasteiger partial charge is 0.397 e. The summed E-state index contributed by atoms with van der Waals surface area (Å²) in [6, 6.07) is 4.10. The van der Waals surface area contributed by atoms with Gasteiger partial charge >= 0.3 is 0 Å². The van der Waals surface area contributed by atoms with Crippen LogP contribution in [0.3, 0.4) is 0 Å². The molecule has 0 saturated heterocycles. The maximum atomic E-state index is 13.1. The highest BCUT2D eigenvalue weighted by Gasteiger charge is 2.14. The van der Waals surface area contributed by atoms with Crippen molar-refractivity contribution in [3.05, 3.63) is 24.0 Å². The van der Waals surface area contributed by atoms with Crippen LogP contribution in [0.2, 0.25) is 0 Å². The molecule has 20 heavy (non-hydrogen) atoms. The minimum atomic E-state index is -0.436. The number of anilines is 2. The van der Waals surface area contributed by atoms with Gasteiger partial charge in [-0.2, -0.15) is 0 Å². The van der Waals surface area contributed by atoms with Gasteiger partial charge in [0.05, 0.1) is 24.5 Å². The average molecular weight is 283 g/mol. The standard InChI is InChI=1S/C14H22FN3O2/c1-10(2)18(6-7-20-3)9-14(19)17-13-8-11(15)4-5-12(13)16/h4-5,8,10H,6-7,9,16H2,1-3H3,(H,17,19). The number of rotatable bonds is 7. The third-order valence-corrected chi connectivity index (χ3v) is 2.95. The predicted molar refractivity (Wildman–Crippen MR) is 78.0 cm³/mol. The topological polar surface area (TPSA) is 67.6 Å². The second-order valence-electron chi connectivity index (χ2n) is 4.84. The van der Waals surface area contributed by atoms with Crippen molar-refractivity contribution in [2.24, 2.45) is 0 Å². The fourth-order valence-corrected chi connectivity index (χ4v) is 1.74. The molecule has 0 saturated carbocycles. The zero-order chi connectivity index (χ0) is 15.1. The van der Waals surface area contributed by atoms with Gasteiger partial charge < -0.3 is 15.8 Å². The van der Waals surface area contributed by atoms with E-state index in [1.165, 1.54) is 18.2 Å². The first kappa shape index (κ1) is 16.4. The molecule has 0 aliphatic heterocycles. The van der Waals surface area contributed by atoms with Crippen LogP contribution >= 0.6 is 0 Å². The first-order valence-electron chi connectivity index (χ1n) is 6.52. The summed E-state index contributed by atoms with van der Waals surface area (Å²) in [6.07, 6.45) is 0. The molecule has 0 aliphatic rings. The quantitative estimate of drug-likeness (QED) is 0.747. The lowest BCUT2D eigenvalue weighted by Crippen LogP contribution is -2.40. The van der Waals surface area contributed by atoms with Crippen LogP contribution in [0.4, 0.5) is 15.8 Å². The van der Waals surface area contributed by atoms with Crippen molar-refractivity contribution in [1.29, 1.82) is 0 Å². The Hall–Kier alpha value is -1.66. The van der Waals surface area contributed by atoms with Gasteiger partial charge in [-0.3, -0.25) is 9.69 Å². The summed E-state index contributed by atoms with van der Waals surface area (Å²) in [5.41, 5.74) is 6.33. The van der Waals surface area contributed by atoms with E-state index in [-0.39, 0.29) is 18.5 Å². The first-order valence-corrected chi connectivity index (χ1v) is 6.52. The molecule has 0 spiro atoms. The second-order valence-corrected chi connectivity index (χ2v) is 4.84. The van der Waals surface area contributed by atoms with Crippen molar-refractivity contribution in [1.82, 2.24) is 4.90 Å². The van der Waals surface area contributed by atoms with Gasteiger partial charge in [0, 0.05) is 19.7 Å². The van der Waals surface area contributed by atoms with E-state index in [9.17, 15) is 9.18 Å². The van der Waals surface area contributed by atoms with E-state index in [1.807, 2.05) is 18.7 Å². The van der Waals surface area contributed by atoms with Crippen molar-refractivity contribution in [3.8, 4) is 0 Å². The number of nitrogens with one attached hydrogen (secondary N) is 1. The molecule has 0 atom stereocenters. The molecule has 0 aromatic heterocycles. The van der Waals surface area contributed by atoms with Gasteiger partial charge in [-0.05, 0) is 32.0 Å². The van der Waals surface area contributed by atoms with Gasteiger partial charge in [-0.15, -0.1) is 0 Å². The Balaban J connectivity index is 2.63. The van der Waals surface area contributed by atoms with E-state index >= 15 is 0 Å².